The van der Waals surface area contributed by atoms with E-state index in [-0.39, 0.29) is 0 Å². The second-order valence-electron chi connectivity index (χ2n) is 16.0. The van der Waals surface area contributed by atoms with E-state index in [1.54, 1.807) is 0 Å². The van der Waals surface area contributed by atoms with Gasteiger partial charge in [-0.3, -0.25) is 0 Å². The maximum atomic E-state index is 6.89. The van der Waals surface area contributed by atoms with Crippen LogP contribution in [0.4, 0.5) is 17.1 Å². The van der Waals surface area contributed by atoms with Gasteiger partial charge in [-0.15, -0.1) is 0 Å². The van der Waals surface area contributed by atoms with Crippen LogP contribution in [0.1, 0.15) is 0 Å². The van der Waals surface area contributed by atoms with E-state index >= 15 is 0 Å². The molecule has 5 heteroatoms. The third-order valence-electron chi connectivity index (χ3n) is 12.1. The Kier molecular flexibility index (Phi) is 9.08. The van der Waals surface area contributed by atoms with Gasteiger partial charge in [-0.1, -0.05) is 176 Å². The third kappa shape index (κ3) is 6.64. The molecule has 2 heterocycles. The molecule has 0 aliphatic rings. The zero-order valence-electron chi connectivity index (χ0n) is 34.6. The van der Waals surface area contributed by atoms with Gasteiger partial charge in [0.2, 0.25) is 0 Å². The van der Waals surface area contributed by atoms with Gasteiger partial charge < -0.3 is 9.32 Å². The van der Waals surface area contributed by atoms with Crippen molar-refractivity contribution in [2.45, 2.75) is 0 Å². The molecule has 10 aromatic carbocycles. The quantitative estimate of drug-likeness (QED) is 0.143. The Labute approximate surface area is 370 Å². The molecule has 2 aromatic heterocycles. The molecule has 0 fully saturated rings. The molecule has 12 rings (SSSR count). The van der Waals surface area contributed by atoms with E-state index in [4.69, 9.17) is 19.4 Å². The van der Waals surface area contributed by atoms with E-state index in [1.807, 2.05) is 42.5 Å². The van der Waals surface area contributed by atoms with Crippen LogP contribution in [0.15, 0.2) is 235 Å². The molecule has 64 heavy (non-hydrogen) atoms. The predicted octanol–water partition coefficient (Wildman–Crippen LogP) is 15.9. The van der Waals surface area contributed by atoms with Gasteiger partial charge in [0.25, 0.3) is 0 Å². The van der Waals surface area contributed by atoms with Crippen molar-refractivity contribution in [3.8, 4) is 56.4 Å². The van der Waals surface area contributed by atoms with Crippen molar-refractivity contribution in [3.63, 3.8) is 0 Å². The molecule has 0 saturated heterocycles. The lowest BCUT2D eigenvalue weighted by molar-refractivity contribution is 0.669. The average molecular weight is 819 g/mol. The Morgan fingerprint density at radius 3 is 1.61 bits per heavy atom. The van der Waals surface area contributed by atoms with Crippen LogP contribution in [0.2, 0.25) is 0 Å². The molecule has 0 bridgehead atoms. The number of rotatable bonds is 8. The number of hydrogen-bond acceptors (Lipinski definition) is 5. The number of benzene rings is 10. The number of para-hydroxylation sites is 1. The van der Waals surface area contributed by atoms with Crippen molar-refractivity contribution in [1.29, 1.82) is 0 Å². The first kappa shape index (κ1) is 37.1. The van der Waals surface area contributed by atoms with Crippen LogP contribution in [0.3, 0.4) is 0 Å². The number of fused-ring (bicyclic) bond motifs is 6. The highest BCUT2D eigenvalue weighted by atomic mass is 16.3. The first-order valence-corrected chi connectivity index (χ1v) is 21.5. The monoisotopic (exact) mass is 818 g/mol. The second kappa shape index (κ2) is 15.7. The lowest BCUT2D eigenvalue weighted by Gasteiger charge is -2.26. The fraction of sp³-hybridized carbons (Fsp3) is 0. The molecule has 0 aliphatic heterocycles. The van der Waals surface area contributed by atoms with E-state index in [2.05, 4.69) is 193 Å². The molecule has 0 radical (unpaired) electrons. The van der Waals surface area contributed by atoms with Gasteiger partial charge in [-0.25, -0.2) is 15.0 Å². The third-order valence-corrected chi connectivity index (χ3v) is 12.1. The summed E-state index contributed by atoms with van der Waals surface area (Å²) in [6.07, 6.45) is 0. The summed E-state index contributed by atoms with van der Waals surface area (Å²) >= 11 is 0. The minimum Gasteiger partial charge on any atom is -0.454 e. The summed E-state index contributed by atoms with van der Waals surface area (Å²) in [5.41, 5.74) is 11.9. The zero-order valence-corrected chi connectivity index (χ0v) is 34.6. The molecule has 300 valence electrons. The highest BCUT2D eigenvalue weighted by Crippen LogP contribution is 2.44. The van der Waals surface area contributed by atoms with Crippen molar-refractivity contribution < 1.29 is 4.42 Å². The summed E-state index contributed by atoms with van der Waals surface area (Å²) in [6, 6.07) is 80.5. The Morgan fingerprint density at radius 1 is 0.312 bits per heavy atom. The number of hydrogen-bond donors (Lipinski definition) is 0. The maximum absolute atomic E-state index is 6.89. The molecule has 0 unspecified atom stereocenters. The van der Waals surface area contributed by atoms with Gasteiger partial charge in [-0.05, 0) is 98.4 Å². The van der Waals surface area contributed by atoms with Crippen LogP contribution in [0.5, 0.6) is 0 Å². The number of furan rings is 1. The molecule has 0 atom stereocenters. The van der Waals surface area contributed by atoms with Gasteiger partial charge in [0.1, 0.15) is 5.58 Å². The summed E-state index contributed by atoms with van der Waals surface area (Å²) in [6.45, 7) is 0. The molecule has 0 saturated carbocycles. The highest BCUT2D eigenvalue weighted by molar-refractivity contribution is 6.14. The van der Waals surface area contributed by atoms with Crippen LogP contribution >= 0.6 is 0 Å². The maximum Gasteiger partial charge on any atom is 0.164 e. The molecule has 0 spiro atoms. The minimum atomic E-state index is 0.589. The molecule has 0 aliphatic carbocycles. The Balaban J connectivity index is 1.02. The zero-order chi connectivity index (χ0) is 42.4. The first-order chi connectivity index (χ1) is 31.7. The van der Waals surface area contributed by atoms with Crippen molar-refractivity contribution >= 4 is 60.5 Å². The Morgan fingerprint density at radius 2 is 0.859 bits per heavy atom. The van der Waals surface area contributed by atoms with Crippen LogP contribution in [-0.2, 0) is 0 Å². The summed E-state index contributed by atoms with van der Waals surface area (Å²) < 4.78 is 6.89. The second-order valence-corrected chi connectivity index (χ2v) is 16.0. The normalized spacial score (nSPS) is 11.4. The molecule has 0 amide bonds. The standard InChI is InChI=1S/C59H38N4O/c1-4-16-39(17-5-1)41-30-33-46(34-31-41)63(47-24-14-23-43(36-47)40-18-6-2-7-19-40)54-29-15-28-51-52-38-45(32-35-55(52)64-56(51)54)58-60-57(42-20-8-3-9-21-42)61-59(62-58)53-37-44-22-10-11-25-48(44)49-26-12-13-27-50(49)53/h1-38H. The van der Waals surface area contributed by atoms with Crippen molar-refractivity contribution in [1.82, 2.24) is 15.0 Å². The van der Waals surface area contributed by atoms with E-state index in [0.29, 0.717) is 17.5 Å². The number of nitrogens with zero attached hydrogens (tertiary/aromatic N) is 4. The SMILES string of the molecule is c1ccc(-c2ccc(N(c3cccc(-c4ccccc4)c3)c3cccc4c3oc3ccc(-c5nc(-c6ccccc6)nc(-c6cc7ccccc7c7ccccc67)n5)cc34)cc2)cc1. The summed E-state index contributed by atoms with van der Waals surface area (Å²) in [5, 5.41) is 6.56. The van der Waals surface area contributed by atoms with Gasteiger partial charge in [-0.2, -0.15) is 0 Å². The van der Waals surface area contributed by atoms with Crippen LogP contribution in [0.25, 0.3) is 99.9 Å². The number of anilines is 3. The van der Waals surface area contributed by atoms with E-state index < -0.39 is 0 Å². The summed E-state index contributed by atoms with van der Waals surface area (Å²) in [4.78, 5) is 17.8. The van der Waals surface area contributed by atoms with Gasteiger partial charge >= 0.3 is 0 Å². The molecule has 0 N–H and O–H groups in total. The Hall–Kier alpha value is -8.67. The molecule has 5 nitrogen and oxygen atoms in total. The Bertz CT molecular complexity index is 3660. The lowest BCUT2D eigenvalue weighted by atomic mass is 9.97. The van der Waals surface area contributed by atoms with Gasteiger partial charge in [0.05, 0.1) is 5.69 Å². The fourth-order valence-electron chi connectivity index (χ4n) is 9.00. The van der Waals surface area contributed by atoms with Crippen LogP contribution < -0.4 is 4.90 Å². The molecular weight excluding hydrogens is 781 g/mol. The number of aromatic nitrogens is 3. The first-order valence-electron chi connectivity index (χ1n) is 21.5. The fourth-order valence-corrected chi connectivity index (χ4v) is 9.00. The highest BCUT2D eigenvalue weighted by Gasteiger charge is 2.22. The summed E-state index contributed by atoms with van der Waals surface area (Å²) in [7, 11) is 0. The van der Waals surface area contributed by atoms with Crippen molar-refractivity contribution in [2.75, 3.05) is 4.90 Å². The van der Waals surface area contributed by atoms with Crippen molar-refractivity contribution in [2.24, 2.45) is 0 Å². The molecular formula is C59H38N4O. The van der Waals surface area contributed by atoms with E-state index in [0.717, 1.165) is 88.5 Å². The summed E-state index contributed by atoms with van der Waals surface area (Å²) in [5.74, 6) is 1.83. The smallest absolute Gasteiger partial charge is 0.164 e. The average Bonchev–Trinajstić information content (AvgIpc) is 3.76. The van der Waals surface area contributed by atoms with Crippen LogP contribution in [-0.4, -0.2) is 15.0 Å². The van der Waals surface area contributed by atoms with E-state index in [9.17, 15) is 0 Å². The largest absolute Gasteiger partial charge is 0.454 e. The van der Waals surface area contributed by atoms with E-state index in [1.165, 1.54) is 10.9 Å². The van der Waals surface area contributed by atoms with Crippen LogP contribution in [0, 0.1) is 0 Å². The lowest BCUT2D eigenvalue weighted by Crippen LogP contribution is -2.10. The topological polar surface area (TPSA) is 55.1 Å². The van der Waals surface area contributed by atoms with Gasteiger partial charge in [0.15, 0.2) is 23.1 Å². The predicted molar refractivity (Wildman–Crippen MR) is 264 cm³/mol. The minimum absolute atomic E-state index is 0.589. The van der Waals surface area contributed by atoms with Gasteiger partial charge in [0, 0.05) is 38.8 Å². The molecule has 12 aromatic rings. The van der Waals surface area contributed by atoms with Crippen molar-refractivity contribution in [3.05, 3.63) is 231 Å².